The molecule has 0 bridgehead atoms. The Kier molecular flexibility index (Phi) is 7.69. The van der Waals surface area contributed by atoms with E-state index in [2.05, 4.69) is 42.1 Å². The Bertz CT molecular complexity index is 1080. The van der Waals surface area contributed by atoms with Crippen LogP contribution in [-0.2, 0) is 4.79 Å². The van der Waals surface area contributed by atoms with Crippen LogP contribution in [0.5, 0.6) is 0 Å². The van der Waals surface area contributed by atoms with Crippen LogP contribution in [0.3, 0.4) is 0 Å². The smallest absolute Gasteiger partial charge is 0.319 e. The van der Waals surface area contributed by atoms with Crippen molar-refractivity contribution in [3.8, 4) is 10.6 Å². The summed E-state index contributed by atoms with van der Waals surface area (Å²) in [6, 6.07) is 11.7. The molecule has 0 aliphatic carbocycles. The first-order valence-corrected chi connectivity index (χ1v) is 11.2. The zero-order valence-corrected chi connectivity index (χ0v) is 19.3. The van der Waals surface area contributed by atoms with Crippen LogP contribution in [0.2, 0.25) is 0 Å². The van der Waals surface area contributed by atoms with Gasteiger partial charge in [0.25, 0.3) is 0 Å². The van der Waals surface area contributed by atoms with Gasteiger partial charge in [0.15, 0.2) is 0 Å². The summed E-state index contributed by atoms with van der Waals surface area (Å²) >= 11 is 4.66. The predicted molar refractivity (Wildman–Crippen MR) is 123 cm³/mol. The van der Waals surface area contributed by atoms with E-state index in [1.807, 2.05) is 38.1 Å². The van der Waals surface area contributed by atoms with Gasteiger partial charge >= 0.3 is 6.03 Å². The van der Waals surface area contributed by atoms with E-state index in [-0.39, 0.29) is 5.92 Å². The lowest BCUT2D eigenvalue weighted by molar-refractivity contribution is -0.119. The standard InChI is InChI=1S/C21H21BrFN5O2S/c1-3-12(2)17(25-20(30)24-16-9-5-8-15(23)11-16)18(29)26-21-28-27-19(31-21)13-6-4-7-14(22)10-13/h4-12,17H,3H2,1-2H3,(H2,24,25,30)(H,26,28,29). The van der Waals surface area contributed by atoms with Crippen LogP contribution in [0.4, 0.5) is 20.0 Å². The highest BCUT2D eigenvalue weighted by atomic mass is 79.9. The normalized spacial score (nSPS) is 12.6. The summed E-state index contributed by atoms with van der Waals surface area (Å²) in [5.41, 5.74) is 1.17. The lowest BCUT2D eigenvalue weighted by atomic mass is 9.98. The van der Waals surface area contributed by atoms with Crippen LogP contribution in [-0.4, -0.2) is 28.2 Å². The molecule has 1 aromatic heterocycles. The van der Waals surface area contributed by atoms with Gasteiger partial charge in [0.1, 0.15) is 16.9 Å². The SMILES string of the molecule is CCC(C)C(NC(=O)Nc1cccc(F)c1)C(=O)Nc1nnc(-c2cccc(Br)c2)s1. The summed E-state index contributed by atoms with van der Waals surface area (Å²) in [7, 11) is 0. The first-order chi connectivity index (χ1) is 14.9. The molecule has 3 aromatic rings. The van der Waals surface area contributed by atoms with Crippen molar-refractivity contribution in [1.29, 1.82) is 0 Å². The first kappa shape index (κ1) is 22.8. The highest BCUT2D eigenvalue weighted by Crippen LogP contribution is 2.28. The van der Waals surface area contributed by atoms with E-state index in [9.17, 15) is 14.0 Å². The number of urea groups is 1. The van der Waals surface area contributed by atoms with E-state index >= 15 is 0 Å². The minimum absolute atomic E-state index is 0.143. The van der Waals surface area contributed by atoms with E-state index < -0.39 is 23.8 Å². The minimum atomic E-state index is -0.809. The summed E-state index contributed by atoms with van der Waals surface area (Å²) in [5.74, 6) is -1.01. The number of anilines is 2. The molecule has 2 unspecified atom stereocenters. The monoisotopic (exact) mass is 505 g/mol. The molecule has 0 radical (unpaired) electrons. The molecule has 2 atom stereocenters. The molecule has 3 N–H and O–H groups in total. The summed E-state index contributed by atoms with van der Waals surface area (Å²) in [6.07, 6.45) is 0.664. The maximum atomic E-state index is 13.3. The number of nitrogens with zero attached hydrogens (tertiary/aromatic N) is 2. The maximum absolute atomic E-state index is 13.3. The number of hydrogen-bond acceptors (Lipinski definition) is 5. The largest absolute Gasteiger partial charge is 0.326 e. The number of rotatable bonds is 7. The van der Waals surface area contributed by atoms with Crippen LogP contribution in [0.15, 0.2) is 53.0 Å². The van der Waals surface area contributed by atoms with E-state index in [1.165, 1.54) is 29.5 Å². The van der Waals surface area contributed by atoms with Gasteiger partial charge in [-0.15, -0.1) is 10.2 Å². The molecule has 0 fully saturated rings. The second-order valence-corrected chi connectivity index (χ2v) is 8.78. The quantitative estimate of drug-likeness (QED) is 0.406. The van der Waals surface area contributed by atoms with Gasteiger partial charge < -0.3 is 10.6 Å². The summed E-state index contributed by atoms with van der Waals surface area (Å²) in [6.45, 7) is 3.78. The Balaban J connectivity index is 1.68. The van der Waals surface area contributed by atoms with E-state index in [4.69, 9.17) is 0 Å². The Morgan fingerprint density at radius 2 is 1.90 bits per heavy atom. The number of hydrogen-bond donors (Lipinski definition) is 3. The van der Waals surface area contributed by atoms with Gasteiger partial charge in [-0.3, -0.25) is 10.1 Å². The second kappa shape index (κ2) is 10.5. The molecular weight excluding hydrogens is 485 g/mol. The maximum Gasteiger partial charge on any atom is 0.319 e. The van der Waals surface area contributed by atoms with Crippen molar-refractivity contribution in [1.82, 2.24) is 15.5 Å². The number of benzene rings is 2. The van der Waals surface area contributed by atoms with Gasteiger partial charge in [0.05, 0.1) is 0 Å². The zero-order valence-electron chi connectivity index (χ0n) is 16.9. The number of carbonyl (C=O) groups is 2. The predicted octanol–water partition coefficient (Wildman–Crippen LogP) is 5.28. The number of aromatic nitrogens is 2. The van der Waals surface area contributed by atoms with Crippen molar-refractivity contribution in [2.75, 3.05) is 10.6 Å². The van der Waals surface area contributed by atoms with Crippen LogP contribution in [0, 0.1) is 11.7 Å². The number of amides is 3. The van der Waals surface area contributed by atoms with Crippen molar-refractivity contribution >= 4 is 50.0 Å². The first-order valence-electron chi connectivity index (χ1n) is 9.59. The Morgan fingerprint density at radius 1 is 1.13 bits per heavy atom. The van der Waals surface area contributed by atoms with Gasteiger partial charge in [-0.05, 0) is 36.2 Å². The third kappa shape index (κ3) is 6.31. The van der Waals surface area contributed by atoms with Crippen LogP contribution in [0.1, 0.15) is 20.3 Å². The molecule has 1 heterocycles. The van der Waals surface area contributed by atoms with Crippen LogP contribution in [0.25, 0.3) is 10.6 Å². The molecule has 3 amide bonds. The van der Waals surface area contributed by atoms with E-state index in [0.717, 1.165) is 10.0 Å². The van der Waals surface area contributed by atoms with Crippen molar-refractivity contribution in [2.45, 2.75) is 26.3 Å². The second-order valence-electron chi connectivity index (χ2n) is 6.88. The fraction of sp³-hybridized carbons (Fsp3) is 0.238. The van der Waals surface area contributed by atoms with Crippen LogP contribution < -0.4 is 16.0 Å². The van der Waals surface area contributed by atoms with Gasteiger partial charge in [-0.25, -0.2) is 9.18 Å². The Morgan fingerprint density at radius 3 is 2.61 bits per heavy atom. The van der Waals surface area contributed by atoms with Crippen LogP contribution >= 0.6 is 27.3 Å². The molecule has 2 aromatic carbocycles. The average molecular weight is 506 g/mol. The molecular formula is C21H21BrFN5O2S. The molecule has 0 saturated carbocycles. The topological polar surface area (TPSA) is 96.0 Å². The molecule has 0 saturated heterocycles. The number of carbonyl (C=O) groups excluding carboxylic acids is 2. The Hall–Kier alpha value is -2.85. The average Bonchev–Trinajstić information content (AvgIpc) is 3.20. The van der Waals surface area contributed by atoms with Gasteiger partial charge in [-0.1, -0.05) is 65.7 Å². The molecule has 0 spiro atoms. The van der Waals surface area contributed by atoms with Crippen molar-refractivity contribution in [3.63, 3.8) is 0 Å². The van der Waals surface area contributed by atoms with Gasteiger partial charge in [0, 0.05) is 15.7 Å². The number of nitrogens with one attached hydrogen (secondary N) is 3. The molecule has 162 valence electrons. The fourth-order valence-electron chi connectivity index (χ4n) is 2.77. The third-order valence-corrected chi connectivity index (χ3v) is 5.97. The van der Waals surface area contributed by atoms with Crippen molar-refractivity contribution in [2.24, 2.45) is 5.92 Å². The van der Waals surface area contributed by atoms with E-state index in [1.54, 1.807) is 6.07 Å². The minimum Gasteiger partial charge on any atom is -0.326 e. The summed E-state index contributed by atoms with van der Waals surface area (Å²) < 4.78 is 14.2. The van der Waals surface area contributed by atoms with E-state index in [0.29, 0.717) is 22.2 Å². The van der Waals surface area contributed by atoms with Gasteiger partial charge in [-0.2, -0.15) is 0 Å². The van der Waals surface area contributed by atoms with Crippen molar-refractivity contribution in [3.05, 3.63) is 58.8 Å². The molecule has 7 nitrogen and oxygen atoms in total. The molecule has 3 rings (SSSR count). The fourth-order valence-corrected chi connectivity index (χ4v) is 3.91. The van der Waals surface area contributed by atoms with Crippen molar-refractivity contribution < 1.29 is 14.0 Å². The zero-order chi connectivity index (χ0) is 22.4. The third-order valence-electron chi connectivity index (χ3n) is 4.59. The van der Waals surface area contributed by atoms with Gasteiger partial charge in [0.2, 0.25) is 11.0 Å². The molecule has 31 heavy (non-hydrogen) atoms. The Labute approximate surface area is 191 Å². The molecule has 0 aliphatic rings. The lowest BCUT2D eigenvalue weighted by Crippen LogP contribution is -2.49. The molecule has 10 heteroatoms. The highest BCUT2D eigenvalue weighted by molar-refractivity contribution is 9.10. The summed E-state index contributed by atoms with van der Waals surface area (Å²) in [5, 5.41) is 17.1. The number of halogens is 2. The summed E-state index contributed by atoms with van der Waals surface area (Å²) in [4.78, 5) is 25.3. The highest BCUT2D eigenvalue weighted by Gasteiger charge is 2.27. The lowest BCUT2D eigenvalue weighted by Gasteiger charge is -2.23. The molecule has 0 aliphatic heterocycles.